The molecule has 0 radical (unpaired) electrons. The van der Waals surface area contributed by atoms with Gasteiger partial charge >= 0.3 is 0 Å². The molecule has 1 heterocycles. The Kier molecular flexibility index (Phi) is 4.76. The van der Waals surface area contributed by atoms with E-state index in [4.69, 9.17) is 5.73 Å². The van der Waals surface area contributed by atoms with Gasteiger partial charge in [-0.15, -0.1) is 0 Å². The van der Waals surface area contributed by atoms with Crippen molar-refractivity contribution in [2.45, 2.75) is 18.4 Å². The van der Waals surface area contributed by atoms with Crippen LogP contribution in [0.2, 0.25) is 0 Å². The lowest BCUT2D eigenvalue weighted by atomic mass is 10.2. The molecule has 0 amide bonds. The summed E-state index contributed by atoms with van der Waals surface area (Å²) in [5.74, 6) is 0. The van der Waals surface area contributed by atoms with Crippen LogP contribution in [0.1, 0.15) is 11.3 Å². The van der Waals surface area contributed by atoms with E-state index < -0.39 is 10.0 Å². The topological polar surface area (TPSA) is 81.2 Å². The fourth-order valence-electron chi connectivity index (χ4n) is 2.09. The summed E-state index contributed by atoms with van der Waals surface area (Å²) in [6.45, 7) is 2.58. The summed E-state index contributed by atoms with van der Waals surface area (Å²) in [5, 5.41) is 4.01. The van der Waals surface area contributed by atoms with Gasteiger partial charge in [-0.2, -0.15) is 9.40 Å². The minimum Gasteiger partial charge on any atom is -0.329 e. The van der Waals surface area contributed by atoms with Crippen molar-refractivity contribution in [2.24, 2.45) is 12.8 Å². The smallest absolute Gasteiger partial charge is 0.246 e. The second-order valence-electron chi connectivity index (χ2n) is 4.83. The summed E-state index contributed by atoms with van der Waals surface area (Å²) >= 11 is 0. The second kappa shape index (κ2) is 6.38. The lowest BCUT2D eigenvalue weighted by Gasteiger charge is -2.21. The Bertz CT molecular complexity index is 695. The van der Waals surface area contributed by atoms with Crippen LogP contribution < -0.4 is 5.73 Å². The third kappa shape index (κ3) is 3.31. The number of sulfonamides is 1. The molecule has 0 unspecified atom stereocenters. The molecule has 0 bridgehead atoms. The molecule has 0 aliphatic heterocycles. The second-order valence-corrected chi connectivity index (χ2v) is 6.74. The van der Waals surface area contributed by atoms with Gasteiger partial charge in [0.2, 0.25) is 10.0 Å². The van der Waals surface area contributed by atoms with E-state index in [1.807, 2.05) is 30.3 Å². The van der Waals surface area contributed by atoms with Crippen LogP contribution in [0.4, 0.5) is 0 Å². The van der Waals surface area contributed by atoms with Gasteiger partial charge in [-0.3, -0.25) is 4.68 Å². The molecule has 0 atom stereocenters. The number of nitrogens with two attached hydrogens (primary N) is 1. The van der Waals surface area contributed by atoms with Crippen molar-refractivity contribution < 1.29 is 8.42 Å². The molecule has 0 aliphatic rings. The molecule has 0 saturated heterocycles. The molecule has 6 nitrogen and oxygen atoms in total. The number of hydrogen-bond acceptors (Lipinski definition) is 4. The average molecular weight is 308 g/mol. The predicted molar refractivity (Wildman–Crippen MR) is 81.0 cm³/mol. The molecule has 114 valence electrons. The van der Waals surface area contributed by atoms with Crippen LogP contribution in [0.3, 0.4) is 0 Å². The van der Waals surface area contributed by atoms with Crippen molar-refractivity contribution in [2.75, 3.05) is 13.1 Å². The highest BCUT2D eigenvalue weighted by Crippen LogP contribution is 2.20. The van der Waals surface area contributed by atoms with Crippen LogP contribution >= 0.6 is 0 Å². The van der Waals surface area contributed by atoms with Crippen molar-refractivity contribution in [3.05, 3.63) is 47.8 Å². The highest BCUT2D eigenvalue weighted by atomic mass is 32.2. The van der Waals surface area contributed by atoms with Gasteiger partial charge in [-0.05, 0) is 12.5 Å². The van der Waals surface area contributed by atoms with Gasteiger partial charge in [0, 0.05) is 26.7 Å². The third-order valence-electron chi connectivity index (χ3n) is 3.39. The Balaban J connectivity index is 2.35. The van der Waals surface area contributed by atoms with Crippen LogP contribution in [-0.4, -0.2) is 35.6 Å². The van der Waals surface area contributed by atoms with Gasteiger partial charge in [-0.1, -0.05) is 30.3 Å². The summed E-state index contributed by atoms with van der Waals surface area (Å²) in [6, 6.07) is 9.47. The monoisotopic (exact) mass is 308 g/mol. The molecule has 2 aromatic rings. The molecule has 1 aromatic heterocycles. The maximum Gasteiger partial charge on any atom is 0.246 e. The molecule has 0 fully saturated rings. The molecule has 1 aromatic carbocycles. The van der Waals surface area contributed by atoms with Gasteiger partial charge in [0.15, 0.2) is 0 Å². The first kappa shape index (κ1) is 15.7. The van der Waals surface area contributed by atoms with Crippen LogP contribution in [-0.2, 0) is 23.6 Å². The third-order valence-corrected chi connectivity index (χ3v) is 5.34. The Morgan fingerprint density at radius 3 is 2.48 bits per heavy atom. The van der Waals surface area contributed by atoms with E-state index in [1.54, 1.807) is 18.7 Å². The van der Waals surface area contributed by atoms with E-state index in [0.717, 1.165) is 5.56 Å². The fraction of sp³-hybridized carbons (Fsp3) is 0.357. The van der Waals surface area contributed by atoms with Gasteiger partial charge in [0.05, 0.1) is 11.9 Å². The average Bonchev–Trinajstić information content (AvgIpc) is 2.80. The summed E-state index contributed by atoms with van der Waals surface area (Å²) in [6.07, 6.45) is 1.39. The Hall–Kier alpha value is -1.70. The maximum atomic E-state index is 12.8. The SMILES string of the molecule is Cc1c(S(=O)(=O)N(CCN)Cc2ccccc2)cnn1C. The standard InChI is InChI=1S/C14H20N4O2S/c1-12-14(10-16-17(12)2)21(19,20)18(9-8-15)11-13-6-4-3-5-7-13/h3-7,10H,8-9,11,15H2,1-2H3. The van der Waals surface area contributed by atoms with E-state index in [2.05, 4.69) is 5.10 Å². The van der Waals surface area contributed by atoms with Crippen LogP contribution in [0.15, 0.2) is 41.4 Å². The van der Waals surface area contributed by atoms with Crippen molar-refractivity contribution >= 4 is 10.0 Å². The van der Waals surface area contributed by atoms with Crippen LogP contribution in [0.25, 0.3) is 0 Å². The predicted octanol–water partition coefficient (Wildman–Crippen LogP) is 0.878. The quantitative estimate of drug-likeness (QED) is 0.859. The van der Waals surface area contributed by atoms with Crippen LogP contribution in [0.5, 0.6) is 0 Å². The lowest BCUT2D eigenvalue weighted by molar-refractivity contribution is 0.413. The fourth-order valence-corrected chi connectivity index (χ4v) is 3.71. The van der Waals surface area contributed by atoms with Crippen molar-refractivity contribution in [3.8, 4) is 0 Å². The number of hydrogen-bond donors (Lipinski definition) is 1. The number of nitrogens with zero attached hydrogens (tertiary/aromatic N) is 3. The van der Waals surface area contributed by atoms with Gasteiger partial charge < -0.3 is 5.73 Å². The lowest BCUT2D eigenvalue weighted by Crippen LogP contribution is -2.35. The molecule has 0 spiro atoms. The van der Waals surface area contributed by atoms with E-state index in [-0.39, 0.29) is 18.0 Å². The Morgan fingerprint density at radius 1 is 1.29 bits per heavy atom. The number of aromatic nitrogens is 2. The highest BCUT2D eigenvalue weighted by molar-refractivity contribution is 7.89. The van der Waals surface area contributed by atoms with Gasteiger partial charge in [0.1, 0.15) is 4.90 Å². The number of rotatable bonds is 6. The first-order valence-corrected chi connectivity index (χ1v) is 8.13. The molecule has 0 saturated carbocycles. The molecular formula is C14H20N4O2S. The summed E-state index contributed by atoms with van der Waals surface area (Å²) in [7, 11) is -1.88. The molecule has 0 aliphatic carbocycles. The van der Waals surface area contributed by atoms with Gasteiger partial charge in [0.25, 0.3) is 0 Å². The van der Waals surface area contributed by atoms with E-state index >= 15 is 0 Å². The molecule has 21 heavy (non-hydrogen) atoms. The minimum atomic E-state index is -3.60. The Labute approximate surface area is 125 Å². The molecule has 2 N–H and O–H groups in total. The van der Waals surface area contributed by atoms with Crippen molar-refractivity contribution in [1.82, 2.24) is 14.1 Å². The van der Waals surface area contributed by atoms with E-state index in [0.29, 0.717) is 12.2 Å². The molecule has 7 heteroatoms. The number of benzene rings is 1. The number of aryl methyl sites for hydroxylation is 1. The van der Waals surface area contributed by atoms with Crippen molar-refractivity contribution in [1.29, 1.82) is 0 Å². The van der Waals surface area contributed by atoms with Gasteiger partial charge in [-0.25, -0.2) is 8.42 Å². The minimum absolute atomic E-state index is 0.231. The first-order chi connectivity index (χ1) is 9.96. The Morgan fingerprint density at radius 2 is 1.95 bits per heavy atom. The largest absolute Gasteiger partial charge is 0.329 e. The first-order valence-electron chi connectivity index (χ1n) is 6.69. The normalized spacial score (nSPS) is 12.0. The highest BCUT2D eigenvalue weighted by Gasteiger charge is 2.27. The summed E-state index contributed by atoms with van der Waals surface area (Å²) in [5.41, 5.74) is 7.12. The summed E-state index contributed by atoms with van der Waals surface area (Å²) in [4.78, 5) is 0.231. The maximum absolute atomic E-state index is 12.8. The van der Waals surface area contributed by atoms with Crippen LogP contribution in [0, 0.1) is 6.92 Å². The van der Waals surface area contributed by atoms with Crippen molar-refractivity contribution in [3.63, 3.8) is 0 Å². The zero-order valence-electron chi connectivity index (χ0n) is 12.2. The zero-order valence-corrected chi connectivity index (χ0v) is 13.0. The van der Waals surface area contributed by atoms with E-state index in [9.17, 15) is 8.42 Å². The zero-order chi connectivity index (χ0) is 15.5. The molecule has 2 rings (SSSR count). The summed E-state index contributed by atoms with van der Waals surface area (Å²) < 4.78 is 28.5. The molecular weight excluding hydrogens is 288 g/mol. The van der Waals surface area contributed by atoms with E-state index in [1.165, 1.54) is 10.5 Å².